The third-order valence-corrected chi connectivity index (χ3v) is 7.08. The molecular weight excluding hydrogens is 416 g/mol. The zero-order valence-electron chi connectivity index (χ0n) is 16.8. The van der Waals surface area contributed by atoms with E-state index < -0.39 is 9.84 Å². The van der Waals surface area contributed by atoms with Gasteiger partial charge in [0.2, 0.25) is 9.84 Å². The molecule has 2 aromatic heterocycles. The minimum atomic E-state index is -3.73. The smallest absolute Gasteiger partial charge is 0.213 e. The van der Waals surface area contributed by atoms with Gasteiger partial charge in [-0.3, -0.25) is 0 Å². The molecule has 0 fully saturated rings. The van der Waals surface area contributed by atoms with Gasteiger partial charge in [0.25, 0.3) is 0 Å². The lowest BCUT2D eigenvalue weighted by atomic mass is 10.1. The fraction of sp³-hybridized carbons (Fsp3) is 0.368. The van der Waals surface area contributed by atoms with Gasteiger partial charge in [-0.05, 0) is 58.8 Å². The van der Waals surface area contributed by atoms with Crippen LogP contribution in [0, 0.1) is 20.8 Å². The first-order valence-electron chi connectivity index (χ1n) is 8.56. The molecule has 28 heavy (non-hydrogen) atoms. The summed E-state index contributed by atoms with van der Waals surface area (Å²) in [5.41, 5.74) is 4.07. The summed E-state index contributed by atoms with van der Waals surface area (Å²) in [6.07, 6.45) is 1.83. The molecule has 9 heteroatoms. The van der Waals surface area contributed by atoms with Crippen LogP contribution in [0.4, 0.5) is 0 Å². The molecule has 0 aliphatic carbocycles. The van der Waals surface area contributed by atoms with Gasteiger partial charge in [-0.2, -0.15) is 5.10 Å². The molecule has 0 radical (unpaired) electrons. The lowest BCUT2D eigenvalue weighted by molar-refractivity contribution is 0.398. The molecule has 6 nitrogen and oxygen atoms in total. The van der Waals surface area contributed by atoms with Gasteiger partial charge in [-0.25, -0.2) is 17.9 Å². The molecular formula is C19H25ClN4O2S2. The van der Waals surface area contributed by atoms with E-state index in [4.69, 9.17) is 0 Å². The van der Waals surface area contributed by atoms with Gasteiger partial charge >= 0.3 is 0 Å². The van der Waals surface area contributed by atoms with Crippen molar-refractivity contribution in [2.24, 2.45) is 0 Å². The molecule has 0 saturated carbocycles. The van der Waals surface area contributed by atoms with Crippen LogP contribution < -0.4 is 0 Å². The third kappa shape index (κ3) is 3.91. The molecule has 0 spiro atoms. The maximum absolute atomic E-state index is 13.4. The number of nitrogens with zero attached hydrogens (tertiary/aromatic N) is 4. The highest BCUT2D eigenvalue weighted by molar-refractivity contribution is 7.99. The quantitative estimate of drug-likeness (QED) is 0.563. The van der Waals surface area contributed by atoms with Crippen molar-refractivity contribution in [2.45, 2.75) is 42.1 Å². The predicted octanol–water partition coefficient (Wildman–Crippen LogP) is 3.69. The normalized spacial score (nSPS) is 11.8. The van der Waals surface area contributed by atoms with E-state index in [1.807, 2.05) is 47.2 Å². The van der Waals surface area contributed by atoms with E-state index >= 15 is 0 Å². The minimum absolute atomic E-state index is 0. The van der Waals surface area contributed by atoms with Crippen LogP contribution in [0.3, 0.4) is 0 Å². The van der Waals surface area contributed by atoms with E-state index in [0.717, 1.165) is 29.1 Å². The molecule has 0 aliphatic rings. The van der Waals surface area contributed by atoms with Crippen molar-refractivity contribution < 1.29 is 8.42 Å². The van der Waals surface area contributed by atoms with Crippen molar-refractivity contribution in [1.82, 2.24) is 19.5 Å². The van der Waals surface area contributed by atoms with E-state index in [9.17, 15) is 8.42 Å². The summed E-state index contributed by atoms with van der Waals surface area (Å²) < 4.78 is 28.5. The van der Waals surface area contributed by atoms with Crippen LogP contribution in [-0.4, -0.2) is 48.3 Å². The number of thioether (sulfide) groups is 1. The number of sulfone groups is 1. The maximum Gasteiger partial charge on any atom is 0.213 e. The van der Waals surface area contributed by atoms with Crippen molar-refractivity contribution in [2.75, 3.05) is 20.4 Å². The summed E-state index contributed by atoms with van der Waals surface area (Å²) in [4.78, 5) is 7.16. The highest BCUT2D eigenvalue weighted by atomic mass is 35.5. The van der Waals surface area contributed by atoms with Crippen LogP contribution in [0.15, 0.2) is 39.1 Å². The number of hydrogen-bond acceptors (Lipinski definition) is 6. The molecule has 152 valence electrons. The van der Waals surface area contributed by atoms with Gasteiger partial charge < -0.3 is 4.90 Å². The maximum atomic E-state index is 13.4. The van der Waals surface area contributed by atoms with Crippen molar-refractivity contribution in [3.05, 3.63) is 46.8 Å². The van der Waals surface area contributed by atoms with Crippen LogP contribution in [0.1, 0.15) is 22.5 Å². The molecule has 0 amide bonds. The lowest BCUT2D eigenvalue weighted by Gasteiger charge is -2.15. The highest BCUT2D eigenvalue weighted by Gasteiger charge is 2.30. The summed E-state index contributed by atoms with van der Waals surface area (Å²) in [5.74, 6) is 0. The van der Waals surface area contributed by atoms with E-state index in [1.165, 1.54) is 11.8 Å². The van der Waals surface area contributed by atoms with Crippen LogP contribution in [0.5, 0.6) is 0 Å². The molecule has 2 heterocycles. The average Bonchev–Trinajstić information content (AvgIpc) is 2.97. The van der Waals surface area contributed by atoms with Gasteiger partial charge in [0.05, 0.1) is 4.90 Å². The minimum Gasteiger partial charge on any atom is -0.305 e. The largest absolute Gasteiger partial charge is 0.305 e. The van der Waals surface area contributed by atoms with Gasteiger partial charge in [0.1, 0.15) is 5.03 Å². The van der Waals surface area contributed by atoms with Crippen LogP contribution in [0.2, 0.25) is 0 Å². The topological polar surface area (TPSA) is 67.6 Å². The van der Waals surface area contributed by atoms with Crippen molar-refractivity contribution in [3.63, 3.8) is 0 Å². The Labute approximate surface area is 176 Å². The molecule has 0 N–H and O–H groups in total. The Bertz CT molecular complexity index is 1120. The number of fused-ring (bicyclic) bond motifs is 1. The molecule has 0 aliphatic heterocycles. The number of benzene rings is 1. The number of aryl methyl sites for hydroxylation is 3. The number of aromatic nitrogens is 3. The van der Waals surface area contributed by atoms with Crippen LogP contribution >= 0.6 is 24.2 Å². The first-order chi connectivity index (χ1) is 12.7. The van der Waals surface area contributed by atoms with E-state index in [-0.39, 0.29) is 22.2 Å². The molecule has 3 aromatic rings. The zero-order valence-corrected chi connectivity index (χ0v) is 19.3. The second-order valence-corrected chi connectivity index (χ2v) is 9.57. The summed E-state index contributed by atoms with van der Waals surface area (Å²) >= 11 is 1.32. The van der Waals surface area contributed by atoms with Gasteiger partial charge in [0, 0.05) is 23.5 Å². The molecule has 0 saturated heterocycles. The number of rotatable bonds is 5. The fourth-order valence-corrected chi connectivity index (χ4v) is 5.63. The lowest BCUT2D eigenvalue weighted by Crippen LogP contribution is -2.16. The van der Waals surface area contributed by atoms with E-state index in [2.05, 4.69) is 15.0 Å². The Kier molecular flexibility index (Phi) is 6.81. The fourth-order valence-electron chi connectivity index (χ4n) is 3.14. The first kappa shape index (κ1) is 22.7. The molecule has 0 unspecified atom stereocenters. The van der Waals surface area contributed by atoms with Crippen LogP contribution in [0.25, 0.3) is 5.65 Å². The van der Waals surface area contributed by atoms with E-state index in [0.29, 0.717) is 10.7 Å². The summed E-state index contributed by atoms with van der Waals surface area (Å²) in [6, 6.07) is 6.94. The molecule has 3 rings (SSSR count). The molecule has 0 bridgehead atoms. The van der Waals surface area contributed by atoms with Crippen molar-refractivity contribution in [3.8, 4) is 0 Å². The summed E-state index contributed by atoms with van der Waals surface area (Å²) in [5, 5.41) is 5.04. The third-order valence-electron chi connectivity index (χ3n) is 4.49. The van der Waals surface area contributed by atoms with Crippen molar-refractivity contribution >= 4 is 39.7 Å². The second-order valence-electron chi connectivity index (χ2n) is 6.89. The summed E-state index contributed by atoms with van der Waals surface area (Å²) in [6.45, 7) is 6.47. The Morgan fingerprint density at radius 2 is 1.86 bits per heavy atom. The van der Waals surface area contributed by atoms with Gasteiger partial charge in [-0.1, -0.05) is 12.1 Å². The molecule has 0 atom stereocenters. The SMILES string of the molecule is CSc1nn2c(C)c(CN(C)C)c(C)nc2c1S(=O)(=O)c1cccc(C)c1.Cl. The molecule has 1 aromatic carbocycles. The Balaban J connectivity index is 0.00000280. The first-order valence-corrected chi connectivity index (χ1v) is 11.3. The summed E-state index contributed by atoms with van der Waals surface area (Å²) in [7, 11) is 0.252. The number of halogens is 1. The van der Waals surface area contributed by atoms with Gasteiger partial charge in [0.15, 0.2) is 10.5 Å². The predicted molar refractivity (Wildman–Crippen MR) is 116 cm³/mol. The zero-order chi connectivity index (χ0) is 19.9. The Morgan fingerprint density at radius 3 is 2.43 bits per heavy atom. The Morgan fingerprint density at radius 1 is 1.18 bits per heavy atom. The monoisotopic (exact) mass is 440 g/mol. The highest BCUT2D eigenvalue weighted by Crippen LogP contribution is 2.33. The van der Waals surface area contributed by atoms with Gasteiger partial charge in [-0.15, -0.1) is 24.2 Å². The average molecular weight is 441 g/mol. The number of hydrogen-bond donors (Lipinski definition) is 0. The Hall–Kier alpha value is -1.61. The standard InChI is InChI=1S/C19H24N4O2S2.ClH/c1-12-8-7-9-15(10-12)27(24,25)17-18-20-13(2)16(11-22(4)5)14(3)23(18)21-19(17)26-6;/h7-10H,11H2,1-6H3;1H. The second kappa shape index (κ2) is 8.41. The van der Waals surface area contributed by atoms with E-state index in [1.54, 1.807) is 22.7 Å². The van der Waals surface area contributed by atoms with Crippen LogP contribution in [-0.2, 0) is 16.4 Å². The van der Waals surface area contributed by atoms with Crippen molar-refractivity contribution in [1.29, 1.82) is 0 Å².